The Hall–Kier alpha value is 1.51. The van der Waals surface area contributed by atoms with E-state index in [0.29, 0.717) is 12.8 Å². The number of unbranched alkanes of at least 4 members (excludes halogenated alkanes) is 15. The Morgan fingerprint density at radius 1 is 0.633 bits per heavy atom. The largest absolute Gasteiger partial charge is 1.00 e. The van der Waals surface area contributed by atoms with E-state index in [0.717, 1.165) is 51.4 Å². The molecule has 2 atom stereocenters. The Balaban J connectivity index is 0. The summed E-state index contributed by atoms with van der Waals surface area (Å²) in [4.78, 5) is 0. The maximum atomic E-state index is 11.5. The molecule has 0 amide bonds. The second-order valence-corrected chi connectivity index (χ2v) is 10.6. The zero-order chi connectivity index (χ0) is 21.8. The molecule has 0 aromatic carbocycles. The Morgan fingerprint density at radius 3 is 1.23 bits per heavy atom. The Morgan fingerprint density at radius 2 is 0.933 bits per heavy atom. The fraction of sp³-hybridized carbons (Fsp3) is 1.00. The third-order valence-electron chi connectivity index (χ3n) is 5.94. The third kappa shape index (κ3) is 24.2. The van der Waals surface area contributed by atoms with Crippen LogP contribution in [0.2, 0.25) is 0 Å². The second-order valence-electron chi connectivity index (χ2n) is 8.99. The Bertz CT molecular complexity index is 440. The van der Waals surface area contributed by atoms with E-state index in [4.69, 9.17) is 0 Å². The third-order valence-corrected chi connectivity index (χ3v) is 7.22. The summed E-state index contributed by atoms with van der Waals surface area (Å²) in [5.41, 5.74) is 0. The van der Waals surface area contributed by atoms with E-state index in [-0.39, 0.29) is 57.5 Å². The minimum Gasteiger partial charge on any atom is -0.748 e. The predicted octanol–water partition coefficient (Wildman–Crippen LogP) is 4.11. The first-order valence-corrected chi connectivity index (χ1v) is 14.0. The van der Waals surface area contributed by atoms with Crippen LogP contribution in [0.5, 0.6) is 0 Å². The van der Waals surface area contributed by atoms with Crippen LogP contribution in [0, 0.1) is 0 Å². The summed E-state index contributed by atoms with van der Waals surface area (Å²) >= 11 is 0. The van der Waals surface area contributed by atoms with E-state index in [1.54, 1.807) is 0 Å². The summed E-state index contributed by atoms with van der Waals surface area (Å²) in [5, 5.41) is 8.55. The van der Waals surface area contributed by atoms with Crippen LogP contribution in [0.3, 0.4) is 0 Å². The summed E-state index contributed by atoms with van der Waals surface area (Å²) in [6.07, 6.45) is 21.6. The number of aliphatic hydroxyl groups is 1. The molecule has 0 aromatic heterocycles. The van der Waals surface area contributed by atoms with Crippen molar-refractivity contribution in [3.63, 3.8) is 0 Å². The monoisotopic (exact) mass is 472 g/mol. The predicted molar refractivity (Wildman–Crippen MR) is 123 cm³/mol. The van der Waals surface area contributed by atoms with Gasteiger partial charge in [0.25, 0.3) is 0 Å². The van der Waals surface area contributed by atoms with Gasteiger partial charge in [0.2, 0.25) is 0 Å². The van der Waals surface area contributed by atoms with Gasteiger partial charge in [-0.1, -0.05) is 116 Å². The van der Waals surface area contributed by atoms with E-state index in [1.165, 1.54) is 64.2 Å². The van der Waals surface area contributed by atoms with Crippen LogP contribution in [-0.4, -0.2) is 29.4 Å². The first-order chi connectivity index (χ1) is 13.9. The first kappa shape index (κ1) is 33.7. The average molecular weight is 473 g/mol. The molecule has 0 radical (unpaired) electrons. The maximum Gasteiger partial charge on any atom is 1.00 e. The van der Waals surface area contributed by atoms with Gasteiger partial charge < -0.3 is 9.66 Å². The molecule has 0 rings (SSSR count). The van der Waals surface area contributed by atoms with Crippen molar-refractivity contribution in [1.82, 2.24) is 0 Å². The van der Waals surface area contributed by atoms with Gasteiger partial charge in [-0.2, -0.15) is 0 Å². The molecule has 0 aliphatic heterocycles. The molecule has 0 heterocycles. The first-order valence-electron chi connectivity index (χ1n) is 12.5. The average Bonchev–Trinajstić information content (AvgIpc) is 2.65. The maximum absolute atomic E-state index is 11.5. The summed E-state index contributed by atoms with van der Waals surface area (Å²) in [6, 6.07) is 0. The van der Waals surface area contributed by atoms with Gasteiger partial charge in [-0.05, 0) is 26.2 Å². The summed E-state index contributed by atoms with van der Waals surface area (Å²) < 4.78 is 34.6. The van der Waals surface area contributed by atoms with Crippen molar-refractivity contribution in [1.29, 1.82) is 0 Å². The molecule has 0 aromatic rings. The van der Waals surface area contributed by atoms with E-state index in [1.807, 2.05) is 6.92 Å². The van der Waals surface area contributed by atoms with Crippen LogP contribution in [0.25, 0.3) is 0 Å². The van der Waals surface area contributed by atoms with Crippen LogP contribution in [-0.2, 0) is 10.1 Å². The zero-order valence-corrected chi connectivity index (χ0v) is 24.3. The molecular formula is C24H49KO4S. The number of rotatable bonds is 22. The molecular weight excluding hydrogens is 423 g/mol. The van der Waals surface area contributed by atoms with Gasteiger partial charge in [0.1, 0.15) is 0 Å². The van der Waals surface area contributed by atoms with Crippen molar-refractivity contribution < 1.29 is 69.5 Å². The van der Waals surface area contributed by atoms with Crippen molar-refractivity contribution in [2.75, 3.05) is 0 Å². The van der Waals surface area contributed by atoms with E-state index in [9.17, 15) is 18.1 Å². The summed E-state index contributed by atoms with van der Waals surface area (Å²) in [6.45, 7) is 4.05. The van der Waals surface area contributed by atoms with Crippen molar-refractivity contribution in [3.05, 3.63) is 0 Å². The SMILES string of the molecule is CCCCCCCCCC(CCCCCCCCCCCCC(C)O)S(=O)(=O)[O-].[K+]. The minimum atomic E-state index is -4.15. The van der Waals surface area contributed by atoms with Crippen molar-refractivity contribution >= 4 is 10.1 Å². The smallest absolute Gasteiger partial charge is 0.748 e. The molecule has 2 unspecified atom stereocenters. The van der Waals surface area contributed by atoms with Crippen LogP contribution < -0.4 is 51.4 Å². The van der Waals surface area contributed by atoms with Crippen LogP contribution >= 0.6 is 0 Å². The quantitative estimate of drug-likeness (QED) is 0.146. The standard InChI is InChI=1S/C24H50O4S.K/c1-3-4-5-6-11-15-18-21-24(29(26,27)28)22-19-16-13-10-8-7-9-12-14-17-20-23(2)25;/h23-25H,3-22H2,1-2H3,(H,26,27,28);/q;+1/p-1. The minimum absolute atomic E-state index is 0. The van der Waals surface area contributed by atoms with Gasteiger partial charge in [-0.15, -0.1) is 0 Å². The molecule has 0 saturated heterocycles. The van der Waals surface area contributed by atoms with Gasteiger partial charge >= 0.3 is 51.4 Å². The Labute approximate surface area is 230 Å². The van der Waals surface area contributed by atoms with Gasteiger partial charge in [0, 0.05) is 5.25 Å². The molecule has 0 spiro atoms. The van der Waals surface area contributed by atoms with Crippen LogP contribution in [0.15, 0.2) is 0 Å². The number of hydrogen-bond acceptors (Lipinski definition) is 4. The molecule has 6 heteroatoms. The fourth-order valence-corrected chi connectivity index (χ4v) is 4.90. The molecule has 0 bridgehead atoms. The fourth-order valence-electron chi connectivity index (χ4n) is 3.99. The van der Waals surface area contributed by atoms with Crippen LogP contribution in [0.1, 0.15) is 142 Å². The van der Waals surface area contributed by atoms with Gasteiger partial charge in [-0.3, -0.25) is 0 Å². The van der Waals surface area contributed by atoms with Gasteiger partial charge in [-0.25, -0.2) is 8.42 Å². The van der Waals surface area contributed by atoms with E-state index in [2.05, 4.69) is 6.92 Å². The molecule has 0 saturated carbocycles. The molecule has 0 fully saturated rings. The normalized spacial score (nSPS) is 13.7. The molecule has 4 nitrogen and oxygen atoms in total. The molecule has 1 N–H and O–H groups in total. The van der Waals surface area contributed by atoms with Crippen LogP contribution in [0.4, 0.5) is 0 Å². The van der Waals surface area contributed by atoms with E-state index < -0.39 is 15.4 Å². The Kier molecular flexibility index (Phi) is 26.6. The molecule has 176 valence electrons. The molecule has 0 aliphatic carbocycles. The van der Waals surface area contributed by atoms with Crippen molar-refractivity contribution in [2.24, 2.45) is 0 Å². The zero-order valence-electron chi connectivity index (χ0n) is 20.4. The number of aliphatic hydroxyl groups excluding tert-OH is 1. The molecule has 30 heavy (non-hydrogen) atoms. The molecule has 0 aliphatic rings. The summed E-state index contributed by atoms with van der Waals surface area (Å²) in [7, 11) is -4.15. The summed E-state index contributed by atoms with van der Waals surface area (Å²) in [5.74, 6) is 0. The number of hydrogen-bond donors (Lipinski definition) is 1. The van der Waals surface area contributed by atoms with Gasteiger partial charge in [0.15, 0.2) is 0 Å². The van der Waals surface area contributed by atoms with Gasteiger partial charge in [0.05, 0.1) is 16.2 Å². The topological polar surface area (TPSA) is 77.4 Å². The van der Waals surface area contributed by atoms with Crippen molar-refractivity contribution in [2.45, 2.75) is 154 Å². The van der Waals surface area contributed by atoms with Crippen molar-refractivity contribution in [3.8, 4) is 0 Å². The van der Waals surface area contributed by atoms with E-state index >= 15 is 0 Å². The second kappa shape index (κ2) is 23.7.